The van der Waals surface area contributed by atoms with E-state index >= 15 is 0 Å². The topological polar surface area (TPSA) is 70.6 Å². The number of hydrazone groups is 1. The van der Waals surface area contributed by atoms with E-state index in [9.17, 15) is 9.59 Å². The molecular formula is C30H27N3O2. The minimum atomic E-state index is -0.501. The molecule has 0 spiro atoms. The first-order valence-electron chi connectivity index (χ1n) is 11.5. The molecule has 4 aromatic rings. The van der Waals surface area contributed by atoms with Crippen LogP contribution in [0.5, 0.6) is 0 Å². The van der Waals surface area contributed by atoms with Gasteiger partial charge in [-0.2, -0.15) is 5.10 Å². The molecule has 2 N–H and O–H groups in total. The first-order valence-corrected chi connectivity index (χ1v) is 11.5. The Morgan fingerprint density at radius 2 is 1.17 bits per heavy atom. The number of hydrogen-bond donors (Lipinski definition) is 2. The fourth-order valence-corrected chi connectivity index (χ4v) is 3.84. The Morgan fingerprint density at radius 1 is 0.686 bits per heavy atom. The van der Waals surface area contributed by atoms with Gasteiger partial charge in [-0.3, -0.25) is 9.59 Å². The summed E-state index contributed by atoms with van der Waals surface area (Å²) in [7, 11) is 0. The molecule has 0 bridgehead atoms. The molecule has 174 valence electrons. The van der Waals surface area contributed by atoms with Crippen molar-refractivity contribution in [2.24, 2.45) is 5.10 Å². The van der Waals surface area contributed by atoms with Gasteiger partial charge in [-0.05, 0) is 34.7 Å². The molecule has 2 amide bonds. The van der Waals surface area contributed by atoms with E-state index in [2.05, 4.69) is 28.0 Å². The lowest BCUT2D eigenvalue weighted by Crippen LogP contribution is -2.38. The van der Waals surface area contributed by atoms with E-state index in [1.807, 2.05) is 110 Å². The van der Waals surface area contributed by atoms with Crippen LogP contribution < -0.4 is 10.7 Å². The van der Waals surface area contributed by atoms with E-state index in [1.165, 1.54) is 0 Å². The van der Waals surface area contributed by atoms with Crippen LogP contribution in [-0.4, -0.2) is 24.1 Å². The molecular weight excluding hydrogens is 434 g/mol. The van der Waals surface area contributed by atoms with E-state index in [4.69, 9.17) is 0 Å². The number of nitrogens with zero attached hydrogens (tertiary/aromatic N) is 1. The predicted molar refractivity (Wildman–Crippen MR) is 140 cm³/mol. The number of nitrogens with one attached hydrogen (secondary N) is 2. The van der Waals surface area contributed by atoms with Crippen LogP contribution in [-0.2, 0) is 9.59 Å². The number of carbonyl (C=O) groups is 2. The second-order valence-corrected chi connectivity index (χ2v) is 8.15. The highest BCUT2D eigenvalue weighted by molar-refractivity contribution is 6.00. The Kier molecular flexibility index (Phi) is 7.81. The fourth-order valence-electron chi connectivity index (χ4n) is 3.84. The number of amides is 2. The molecule has 5 nitrogen and oxygen atoms in total. The molecule has 0 saturated heterocycles. The van der Waals surface area contributed by atoms with Crippen molar-refractivity contribution < 1.29 is 9.59 Å². The largest absolute Gasteiger partial charge is 0.346 e. The zero-order valence-electron chi connectivity index (χ0n) is 19.5. The first kappa shape index (κ1) is 23.6. The molecule has 0 saturated carbocycles. The lowest BCUT2D eigenvalue weighted by Gasteiger charge is -2.17. The zero-order chi connectivity index (χ0) is 24.5. The number of carbonyl (C=O) groups excluding carboxylic acids is 2. The monoisotopic (exact) mass is 461 g/mol. The van der Waals surface area contributed by atoms with Gasteiger partial charge in [-0.1, -0.05) is 115 Å². The predicted octanol–water partition coefficient (Wildman–Crippen LogP) is 5.14. The Balaban J connectivity index is 1.36. The Labute approximate surface area is 205 Å². The number of benzene rings is 4. The average Bonchev–Trinajstić information content (AvgIpc) is 2.92. The molecule has 0 aliphatic rings. The van der Waals surface area contributed by atoms with Crippen LogP contribution in [0.25, 0.3) is 11.1 Å². The molecule has 0 heterocycles. The van der Waals surface area contributed by atoms with E-state index in [1.54, 1.807) is 0 Å². The average molecular weight is 462 g/mol. The van der Waals surface area contributed by atoms with Gasteiger partial charge in [0.2, 0.25) is 5.91 Å². The summed E-state index contributed by atoms with van der Waals surface area (Å²) < 4.78 is 0. The highest BCUT2D eigenvalue weighted by Gasteiger charge is 2.22. The molecule has 0 unspecified atom stereocenters. The third-order valence-corrected chi connectivity index (χ3v) is 5.71. The zero-order valence-corrected chi connectivity index (χ0v) is 19.5. The minimum absolute atomic E-state index is 0.168. The molecule has 0 fully saturated rings. The van der Waals surface area contributed by atoms with Gasteiger partial charge in [0.15, 0.2) is 0 Å². The lowest BCUT2D eigenvalue weighted by molar-refractivity contribution is -0.126. The first-order chi connectivity index (χ1) is 17.1. The normalized spacial score (nSPS) is 11.2. The molecule has 0 radical (unpaired) electrons. The number of rotatable bonds is 8. The summed E-state index contributed by atoms with van der Waals surface area (Å²) in [4.78, 5) is 25.4. The van der Waals surface area contributed by atoms with Gasteiger partial charge in [-0.25, -0.2) is 5.43 Å². The number of hydrogen-bond acceptors (Lipinski definition) is 3. The SMILES string of the molecule is CC(=NNC(=O)CNC(=O)C(c1ccccc1)c1ccccc1)c1ccc(-c2ccccc2)cc1. The van der Waals surface area contributed by atoms with Crippen molar-refractivity contribution in [2.75, 3.05) is 6.54 Å². The Hall–Kier alpha value is -4.51. The molecule has 0 atom stereocenters. The second-order valence-electron chi connectivity index (χ2n) is 8.15. The van der Waals surface area contributed by atoms with Gasteiger partial charge in [0.05, 0.1) is 18.2 Å². The van der Waals surface area contributed by atoms with Gasteiger partial charge in [-0.15, -0.1) is 0 Å². The maximum absolute atomic E-state index is 13.0. The van der Waals surface area contributed by atoms with Gasteiger partial charge in [0.1, 0.15) is 0 Å². The molecule has 35 heavy (non-hydrogen) atoms. The van der Waals surface area contributed by atoms with Gasteiger partial charge in [0.25, 0.3) is 5.91 Å². The molecule has 4 aromatic carbocycles. The van der Waals surface area contributed by atoms with Crippen molar-refractivity contribution in [2.45, 2.75) is 12.8 Å². The van der Waals surface area contributed by atoms with Crippen LogP contribution in [0.2, 0.25) is 0 Å². The summed E-state index contributed by atoms with van der Waals surface area (Å²) in [5.41, 5.74) is 8.10. The summed E-state index contributed by atoms with van der Waals surface area (Å²) in [6.07, 6.45) is 0. The standard InChI is InChI=1S/C30H27N3O2/c1-22(23-17-19-25(20-18-23)24-11-5-2-6-12-24)32-33-28(34)21-31-30(35)29(26-13-7-3-8-14-26)27-15-9-4-10-16-27/h2-20,29H,21H2,1H3,(H,31,35)(H,33,34). The smallest absolute Gasteiger partial charge is 0.259 e. The maximum Gasteiger partial charge on any atom is 0.259 e. The molecule has 4 rings (SSSR count). The fraction of sp³-hybridized carbons (Fsp3) is 0.100. The van der Waals surface area contributed by atoms with Crippen molar-refractivity contribution in [1.82, 2.24) is 10.7 Å². The summed E-state index contributed by atoms with van der Waals surface area (Å²) in [5, 5.41) is 6.95. The van der Waals surface area contributed by atoms with E-state index in [0.717, 1.165) is 27.8 Å². The van der Waals surface area contributed by atoms with E-state index in [-0.39, 0.29) is 12.5 Å². The highest BCUT2D eigenvalue weighted by atomic mass is 16.2. The second kappa shape index (κ2) is 11.6. The van der Waals surface area contributed by atoms with Crippen LogP contribution in [0.15, 0.2) is 120 Å². The van der Waals surface area contributed by atoms with E-state index < -0.39 is 11.8 Å². The molecule has 0 aromatic heterocycles. The Bertz CT molecular complexity index is 1250. The van der Waals surface area contributed by atoms with Crippen molar-refractivity contribution >= 4 is 17.5 Å². The summed E-state index contributed by atoms with van der Waals surface area (Å²) in [6, 6.07) is 37.2. The van der Waals surface area contributed by atoms with Crippen molar-refractivity contribution in [3.05, 3.63) is 132 Å². The minimum Gasteiger partial charge on any atom is -0.346 e. The van der Waals surface area contributed by atoms with Crippen LogP contribution in [0, 0.1) is 0 Å². The quantitative estimate of drug-likeness (QED) is 0.282. The van der Waals surface area contributed by atoms with Crippen LogP contribution >= 0.6 is 0 Å². The van der Waals surface area contributed by atoms with Gasteiger partial charge < -0.3 is 5.32 Å². The van der Waals surface area contributed by atoms with Gasteiger partial charge in [0, 0.05) is 0 Å². The van der Waals surface area contributed by atoms with Crippen molar-refractivity contribution in [3.63, 3.8) is 0 Å². The highest BCUT2D eigenvalue weighted by Crippen LogP contribution is 2.24. The van der Waals surface area contributed by atoms with Crippen molar-refractivity contribution in [3.8, 4) is 11.1 Å². The van der Waals surface area contributed by atoms with Gasteiger partial charge >= 0.3 is 0 Å². The molecule has 0 aliphatic carbocycles. The lowest BCUT2D eigenvalue weighted by atomic mass is 9.90. The van der Waals surface area contributed by atoms with Crippen LogP contribution in [0.1, 0.15) is 29.5 Å². The molecule has 5 heteroatoms. The third-order valence-electron chi connectivity index (χ3n) is 5.71. The summed E-state index contributed by atoms with van der Waals surface area (Å²) in [6.45, 7) is 1.66. The third kappa shape index (κ3) is 6.30. The van der Waals surface area contributed by atoms with E-state index in [0.29, 0.717) is 5.71 Å². The Morgan fingerprint density at radius 3 is 1.71 bits per heavy atom. The van der Waals surface area contributed by atoms with Crippen molar-refractivity contribution in [1.29, 1.82) is 0 Å². The summed E-state index contributed by atoms with van der Waals surface area (Å²) in [5.74, 6) is -1.13. The van der Waals surface area contributed by atoms with Crippen LogP contribution in [0.4, 0.5) is 0 Å². The molecule has 0 aliphatic heterocycles. The summed E-state index contributed by atoms with van der Waals surface area (Å²) >= 11 is 0. The maximum atomic E-state index is 13.0. The van der Waals surface area contributed by atoms with Crippen LogP contribution in [0.3, 0.4) is 0 Å².